The zero-order chi connectivity index (χ0) is 14.5. The van der Waals surface area contributed by atoms with Crippen LogP contribution in [0.1, 0.15) is 37.8 Å². The topological polar surface area (TPSA) is 51.3 Å². The van der Waals surface area contributed by atoms with Crippen LogP contribution in [-0.2, 0) is 11.3 Å². The third kappa shape index (κ3) is 3.10. The molecule has 2 aromatic heterocycles. The van der Waals surface area contributed by atoms with Gasteiger partial charge in [0.2, 0.25) is 5.91 Å². The fraction of sp³-hybridized carbons (Fsp3) is 0.467. The lowest BCUT2D eigenvalue weighted by Gasteiger charge is -2.25. The highest BCUT2D eigenvalue weighted by Gasteiger charge is 2.24. The molecular weight excluding hydrogens is 254 g/mol. The first-order chi connectivity index (χ1) is 9.65. The summed E-state index contributed by atoms with van der Waals surface area (Å²) in [4.78, 5) is 14.4. The van der Waals surface area contributed by atoms with E-state index in [9.17, 15) is 4.79 Å². The molecule has 20 heavy (non-hydrogen) atoms. The molecule has 0 aromatic carbocycles. The van der Waals surface area contributed by atoms with Crippen molar-refractivity contribution < 1.29 is 9.21 Å². The van der Waals surface area contributed by atoms with Gasteiger partial charge in [0.05, 0.1) is 6.54 Å². The lowest BCUT2D eigenvalue weighted by atomic mass is 10.2. The number of carbonyl (C=O) groups is 1. The van der Waals surface area contributed by atoms with Gasteiger partial charge in [0.15, 0.2) is 0 Å². The molecule has 2 heterocycles. The second kappa shape index (κ2) is 6.41. The first-order valence-electron chi connectivity index (χ1n) is 6.99. The standard InChI is InChI=1S/C15H21N3O2/c1-4-14(18-10-6-9-16-18)15(19)17(5-2)11-13-8-7-12(3)20-13/h6-10,14H,4-5,11H2,1-3H3/t14-/m0/s1. The fourth-order valence-corrected chi connectivity index (χ4v) is 2.25. The summed E-state index contributed by atoms with van der Waals surface area (Å²) in [6.07, 6.45) is 4.24. The maximum atomic E-state index is 12.6. The number of furan rings is 1. The number of hydrogen-bond donors (Lipinski definition) is 0. The first kappa shape index (κ1) is 14.4. The minimum atomic E-state index is -0.249. The van der Waals surface area contributed by atoms with Crippen molar-refractivity contribution >= 4 is 5.91 Å². The van der Waals surface area contributed by atoms with E-state index < -0.39 is 0 Å². The summed E-state index contributed by atoms with van der Waals surface area (Å²) >= 11 is 0. The van der Waals surface area contributed by atoms with Crippen LogP contribution in [0.15, 0.2) is 35.0 Å². The molecular formula is C15H21N3O2. The molecule has 2 aromatic rings. The van der Waals surface area contributed by atoms with Gasteiger partial charge in [-0.25, -0.2) is 0 Å². The monoisotopic (exact) mass is 275 g/mol. The summed E-state index contributed by atoms with van der Waals surface area (Å²) in [6, 6.07) is 5.42. The number of aromatic nitrogens is 2. The van der Waals surface area contributed by atoms with Crippen LogP contribution in [0, 0.1) is 6.92 Å². The molecule has 0 aliphatic carbocycles. The second-order valence-electron chi connectivity index (χ2n) is 4.77. The molecule has 0 radical (unpaired) electrons. The predicted molar refractivity (Wildman–Crippen MR) is 76.1 cm³/mol. The van der Waals surface area contributed by atoms with E-state index in [-0.39, 0.29) is 11.9 Å². The molecule has 1 amide bonds. The van der Waals surface area contributed by atoms with Gasteiger partial charge < -0.3 is 9.32 Å². The van der Waals surface area contributed by atoms with Crippen molar-refractivity contribution in [1.82, 2.24) is 14.7 Å². The Morgan fingerprint density at radius 3 is 2.75 bits per heavy atom. The Balaban J connectivity index is 2.11. The molecule has 0 fully saturated rings. The second-order valence-corrected chi connectivity index (χ2v) is 4.77. The molecule has 5 nitrogen and oxygen atoms in total. The average Bonchev–Trinajstić information content (AvgIpc) is 3.08. The van der Waals surface area contributed by atoms with Gasteiger partial charge in [0.25, 0.3) is 0 Å². The van der Waals surface area contributed by atoms with Gasteiger partial charge in [0, 0.05) is 18.9 Å². The number of aryl methyl sites for hydroxylation is 1. The van der Waals surface area contributed by atoms with E-state index in [1.807, 2.05) is 45.2 Å². The third-order valence-electron chi connectivity index (χ3n) is 3.35. The van der Waals surface area contributed by atoms with Gasteiger partial charge in [-0.1, -0.05) is 6.92 Å². The van der Waals surface area contributed by atoms with Crippen molar-refractivity contribution in [3.63, 3.8) is 0 Å². The molecule has 0 saturated carbocycles. The molecule has 1 atom stereocenters. The van der Waals surface area contributed by atoms with Crippen molar-refractivity contribution in [1.29, 1.82) is 0 Å². The van der Waals surface area contributed by atoms with Gasteiger partial charge >= 0.3 is 0 Å². The van der Waals surface area contributed by atoms with Crippen molar-refractivity contribution in [2.75, 3.05) is 6.54 Å². The molecule has 108 valence electrons. The van der Waals surface area contributed by atoms with Gasteiger partial charge in [-0.3, -0.25) is 9.48 Å². The molecule has 0 spiro atoms. The number of carbonyl (C=O) groups excluding carboxylic acids is 1. The first-order valence-corrected chi connectivity index (χ1v) is 6.99. The normalized spacial score (nSPS) is 12.3. The van der Waals surface area contributed by atoms with Crippen molar-refractivity contribution in [3.8, 4) is 0 Å². The zero-order valence-electron chi connectivity index (χ0n) is 12.2. The Kier molecular flexibility index (Phi) is 4.61. The number of amides is 1. The molecule has 0 aliphatic rings. The minimum Gasteiger partial charge on any atom is -0.464 e. The lowest BCUT2D eigenvalue weighted by Crippen LogP contribution is -2.36. The highest BCUT2D eigenvalue weighted by atomic mass is 16.3. The number of hydrogen-bond acceptors (Lipinski definition) is 3. The summed E-state index contributed by atoms with van der Waals surface area (Å²) < 4.78 is 7.27. The van der Waals surface area contributed by atoms with Gasteiger partial charge in [-0.05, 0) is 38.5 Å². The summed E-state index contributed by atoms with van der Waals surface area (Å²) in [5, 5.41) is 4.18. The SMILES string of the molecule is CC[C@@H](C(=O)N(CC)Cc1ccc(C)o1)n1cccn1. The van der Waals surface area contributed by atoms with Crippen LogP contribution in [0.25, 0.3) is 0 Å². The highest BCUT2D eigenvalue weighted by Crippen LogP contribution is 2.17. The number of rotatable bonds is 6. The smallest absolute Gasteiger partial charge is 0.247 e. The molecule has 0 N–H and O–H groups in total. The maximum absolute atomic E-state index is 12.6. The van der Waals surface area contributed by atoms with Gasteiger partial charge in [-0.2, -0.15) is 5.10 Å². The van der Waals surface area contributed by atoms with Crippen LogP contribution in [0.3, 0.4) is 0 Å². The van der Waals surface area contributed by atoms with Crippen LogP contribution in [-0.4, -0.2) is 27.1 Å². The van der Waals surface area contributed by atoms with Gasteiger partial charge in [-0.15, -0.1) is 0 Å². The van der Waals surface area contributed by atoms with E-state index >= 15 is 0 Å². The predicted octanol–water partition coefficient (Wildman–Crippen LogP) is 2.78. The van der Waals surface area contributed by atoms with Crippen LogP contribution in [0.2, 0.25) is 0 Å². The van der Waals surface area contributed by atoms with E-state index in [2.05, 4.69) is 5.10 Å². The Bertz CT molecular complexity index is 545. The van der Waals surface area contributed by atoms with Crippen LogP contribution < -0.4 is 0 Å². The largest absolute Gasteiger partial charge is 0.464 e. The van der Waals surface area contributed by atoms with Crippen LogP contribution in [0.4, 0.5) is 0 Å². The Hall–Kier alpha value is -2.04. The number of nitrogens with zero attached hydrogens (tertiary/aromatic N) is 3. The summed E-state index contributed by atoms with van der Waals surface area (Å²) in [5.41, 5.74) is 0. The maximum Gasteiger partial charge on any atom is 0.247 e. The number of likely N-dealkylation sites (N-methyl/N-ethyl adjacent to an activating group) is 1. The summed E-state index contributed by atoms with van der Waals surface area (Å²) in [6.45, 7) is 7.02. The molecule has 0 saturated heterocycles. The van der Waals surface area contributed by atoms with Crippen molar-refractivity contribution in [2.45, 2.75) is 39.8 Å². The van der Waals surface area contributed by atoms with Gasteiger partial charge in [0.1, 0.15) is 17.6 Å². The molecule has 5 heteroatoms. The molecule has 2 rings (SSSR count). The Morgan fingerprint density at radius 2 is 2.25 bits per heavy atom. The third-order valence-corrected chi connectivity index (χ3v) is 3.35. The molecule has 0 unspecified atom stereocenters. The average molecular weight is 275 g/mol. The zero-order valence-corrected chi connectivity index (χ0v) is 12.2. The minimum absolute atomic E-state index is 0.0766. The van der Waals surface area contributed by atoms with Crippen molar-refractivity contribution in [2.24, 2.45) is 0 Å². The summed E-state index contributed by atoms with van der Waals surface area (Å²) in [7, 11) is 0. The quantitative estimate of drug-likeness (QED) is 0.814. The molecule has 0 bridgehead atoms. The van der Waals surface area contributed by atoms with E-state index in [0.717, 1.165) is 11.5 Å². The van der Waals surface area contributed by atoms with E-state index in [1.54, 1.807) is 15.8 Å². The fourth-order valence-electron chi connectivity index (χ4n) is 2.25. The van der Waals surface area contributed by atoms with E-state index in [4.69, 9.17) is 4.42 Å². The lowest BCUT2D eigenvalue weighted by molar-refractivity contribution is -0.135. The van der Waals surface area contributed by atoms with Crippen molar-refractivity contribution in [3.05, 3.63) is 42.1 Å². The summed E-state index contributed by atoms with van der Waals surface area (Å²) in [5.74, 6) is 1.75. The Morgan fingerprint density at radius 1 is 1.45 bits per heavy atom. The van der Waals surface area contributed by atoms with Crippen LogP contribution in [0.5, 0.6) is 0 Å². The Labute approximate surface area is 119 Å². The molecule has 0 aliphatic heterocycles. The van der Waals surface area contributed by atoms with Crippen LogP contribution >= 0.6 is 0 Å². The van der Waals surface area contributed by atoms with E-state index in [1.165, 1.54) is 0 Å². The van der Waals surface area contributed by atoms with E-state index in [0.29, 0.717) is 19.5 Å². The highest BCUT2D eigenvalue weighted by molar-refractivity contribution is 5.80.